The summed E-state index contributed by atoms with van der Waals surface area (Å²) in [4.78, 5) is 0. The maximum atomic E-state index is 10.4. The van der Waals surface area contributed by atoms with Crippen LogP contribution in [0, 0.1) is 0 Å². The first-order valence-corrected chi connectivity index (χ1v) is 8.68. The van der Waals surface area contributed by atoms with E-state index in [2.05, 4.69) is 0 Å². The molecule has 0 atom stereocenters. The Balaban J connectivity index is 2.94. The zero-order chi connectivity index (χ0) is 16.3. The number of rotatable bonds is 6. The van der Waals surface area contributed by atoms with Gasteiger partial charge in [0.25, 0.3) is 0 Å². The number of alkyl halides is 7. The predicted molar refractivity (Wildman–Crippen MR) is 93.0 cm³/mol. The van der Waals surface area contributed by atoms with Crippen LogP contribution in [0.1, 0.15) is 24.0 Å². The van der Waals surface area contributed by atoms with Gasteiger partial charge in [0.15, 0.2) is 4.33 Å². The van der Waals surface area contributed by atoms with Crippen LogP contribution in [-0.2, 0) is 15.9 Å². The molecule has 1 aromatic carbocycles. The molecule has 0 spiro atoms. The van der Waals surface area contributed by atoms with E-state index in [0.29, 0.717) is 12.0 Å². The Morgan fingerprint density at radius 1 is 0.810 bits per heavy atom. The second-order valence-electron chi connectivity index (χ2n) is 4.50. The van der Waals surface area contributed by atoms with Crippen molar-refractivity contribution in [2.45, 2.75) is 31.7 Å². The minimum absolute atomic E-state index is 0.0746. The van der Waals surface area contributed by atoms with Gasteiger partial charge in [-0.2, -0.15) is 0 Å². The Labute approximate surface area is 159 Å². The summed E-state index contributed by atoms with van der Waals surface area (Å²) >= 11 is 41.8. The van der Waals surface area contributed by atoms with Gasteiger partial charge in [-0.3, -0.25) is 0 Å². The first kappa shape index (κ1) is 20.3. The fourth-order valence-electron chi connectivity index (χ4n) is 1.67. The second kappa shape index (κ2) is 7.85. The van der Waals surface area contributed by atoms with Crippen molar-refractivity contribution >= 4 is 81.2 Å². The molecule has 0 aliphatic carbocycles. The molecule has 0 saturated carbocycles. The van der Waals surface area contributed by atoms with E-state index in [0.717, 1.165) is 18.4 Å². The van der Waals surface area contributed by atoms with E-state index in [-0.39, 0.29) is 6.61 Å². The quantitative estimate of drug-likeness (QED) is 0.356. The monoisotopic (exact) mass is 429 g/mol. The van der Waals surface area contributed by atoms with Crippen molar-refractivity contribution < 1.29 is 5.11 Å². The second-order valence-corrected chi connectivity index (χ2v) is 9.44. The zero-order valence-electron chi connectivity index (χ0n) is 10.7. The fraction of sp³-hybridized carbons (Fsp3) is 0.538. The minimum atomic E-state index is -2.08. The van der Waals surface area contributed by atoms with E-state index in [1.54, 1.807) is 12.1 Å². The van der Waals surface area contributed by atoms with Crippen molar-refractivity contribution in [3.05, 3.63) is 35.4 Å². The fourth-order valence-corrected chi connectivity index (χ4v) is 3.14. The minimum Gasteiger partial charge on any atom is -0.237 e. The van der Waals surface area contributed by atoms with E-state index < -0.39 is 12.5 Å². The van der Waals surface area contributed by atoms with Crippen LogP contribution >= 0.6 is 81.2 Å². The van der Waals surface area contributed by atoms with Crippen molar-refractivity contribution in [1.29, 1.82) is 0 Å². The molecule has 0 aliphatic heterocycles. The van der Waals surface area contributed by atoms with Gasteiger partial charge in [0, 0.05) is 0 Å². The molecule has 0 aromatic heterocycles. The van der Waals surface area contributed by atoms with Crippen molar-refractivity contribution in [1.82, 2.24) is 0 Å². The SMILES string of the molecule is [O]CCCCc1ccc(C(Cl)(Cl)C(Cl)(Cl)C(Cl)(Cl)Cl)cc1. The Hall–Kier alpha value is 1.21. The molecule has 0 amide bonds. The summed E-state index contributed by atoms with van der Waals surface area (Å²) in [6.07, 6.45) is 2.24. The molecule has 1 radical (unpaired) electrons. The maximum Gasteiger partial charge on any atom is 0.226 e. The molecule has 0 aliphatic rings. The number of aryl methyl sites for hydroxylation is 1. The zero-order valence-corrected chi connectivity index (χ0v) is 16.0. The molecule has 0 saturated heterocycles. The topological polar surface area (TPSA) is 19.9 Å². The highest BCUT2D eigenvalue weighted by atomic mass is 35.6. The molecule has 1 aromatic rings. The first-order chi connectivity index (χ1) is 9.54. The summed E-state index contributed by atoms with van der Waals surface area (Å²) in [7, 11) is 0. The molecule has 1 nitrogen and oxygen atoms in total. The van der Waals surface area contributed by atoms with E-state index in [1.807, 2.05) is 12.1 Å². The van der Waals surface area contributed by atoms with Crippen LogP contribution in [0.2, 0.25) is 0 Å². The molecular formula is C13H12Cl7O. The summed E-state index contributed by atoms with van der Waals surface area (Å²) < 4.78 is -5.93. The van der Waals surface area contributed by atoms with Crippen LogP contribution in [0.3, 0.4) is 0 Å². The number of hydrogen-bond donors (Lipinski definition) is 0. The summed E-state index contributed by atoms with van der Waals surface area (Å²) in [5, 5.41) is 10.4. The van der Waals surface area contributed by atoms with Gasteiger partial charge in [-0.15, -0.1) is 0 Å². The average molecular weight is 432 g/mol. The van der Waals surface area contributed by atoms with E-state index >= 15 is 0 Å². The molecule has 0 unspecified atom stereocenters. The summed E-state index contributed by atoms with van der Waals surface area (Å²) in [5.74, 6) is 0. The number of hydrogen-bond acceptors (Lipinski definition) is 0. The summed E-state index contributed by atoms with van der Waals surface area (Å²) in [5.41, 5.74) is 1.45. The van der Waals surface area contributed by atoms with E-state index in [1.165, 1.54) is 0 Å². The molecule has 21 heavy (non-hydrogen) atoms. The van der Waals surface area contributed by atoms with Crippen molar-refractivity contribution in [2.24, 2.45) is 0 Å². The van der Waals surface area contributed by atoms with Crippen LogP contribution in [0.4, 0.5) is 0 Å². The van der Waals surface area contributed by atoms with Crippen LogP contribution < -0.4 is 0 Å². The van der Waals surface area contributed by atoms with Gasteiger partial charge in [-0.1, -0.05) is 105 Å². The number of benzene rings is 1. The van der Waals surface area contributed by atoms with Crippen molar-refractivity contribution in [3.63, 3.8) is 0 Å². The lowest BCUT2D eigenvalue weighted by Crippen LogP contribution is -2.45. The first-order valence-electron chi connectivity index (χ1n) is 6.04. The Bertz CT molecular complexity index is 451. The van der Waals surface area contributed by atoms with E-state index in [9.17, 15) is 5.11 Å². The smallest absolute Gasteiger partial charge is 0.226 e. The predicted octanol–water partition coefficient (Wildman–Crippen LogP) is 6.61. The molecular weight excluding hydrogens is 420 g/mol. The van der Waals surface area contributed by atoms with Crippen LogP contribution in [0.5, 0.6) is 0 Å². The normalized spacial score (nSPS) is 13.5. The Morgan fingerprint density at radius 2 is 1.33 bits per heavy atom. The molecule has 0 bridgehead atoms. The highest BCUT2D eigenvalue weighted by molar-refractivity contribution is 6.78. The van der Waals surface area contributed by atoms with E-state index in [4.69, 9.17) is 81.2 Å². The lowest BCUT2D eigenvalue weighted by atomic mass is 10.0. The van der Waals surface area contributed by atoms with Gasteiger partial charge in [0.05, 0.1) is 6.61 Å². The molecule has 8 heteroatoms. The van der Waals surface area contributed by atoms with Crippen molar-refractivity contribution in [2.75, 3.05) is 6.61 Å². The van der Waals surface area contributed by atoms with Gasteiger partial charge in [0.2, 0.25) is 8.13 Å². The third-order valence-electron chi connectivity index (χ3n) is 2.93. The van der Waals surface area contributed by atoms with Crippen molar-refractivity contribution in [3.8, 4) is 0 Å². The lowest BCUT2D eigenvalue weighted by molar-refractivity contribution is 0.187. The maximum absolute atomic E-state index is 10.4. The van der Waals surface area contributed by atoms with Crippen LogP contribution in [0.15, 0.2) is 24.3 Å². The molecule has 119 valence electrons. The molecule has 0 heterocycles. The third kappa shape index (κ3) is 4.84. The summed E-state index contributed by atoms with van der Waals surface area (Å²) in [6, 6.07) is 6.98. The summed E-state index contributed by atoms with van der Waals surface area (Å²) in [6.45, 7) is -0.0746. The lowest BCUT2D eigenvalue weighted by Gasteiger charge is -2.37. The largest absolute Gasteiger partial charge is 0.237 e. The average Bonchev–Trinajstić information content (AvgIpc) is 2.38. The van der Waals surface area contributed by atoms with Gasteiger partial charge in [-0.05, 0) is 30.4 Å². The van der Waals surface area contributed by atoms with Gasteiger partial charge < -0.3 is 0 Å². The van der Waals surface area contributed by atoms with Gasteiger partial charge in [-0.25, -0.2) is 5.11 Å². The Morgan fingerprint density at radius 3 is 1.76 bits per heavy atom. The standard InChI is InChI=1S/C13H12Cl7O/c14-11(15,12(16,17)13(18,19)20)10-6-4-9(5-7-10)3-1-2-8-21/h4-7H,1-3,8H2. The van der Waals surface area contributed by atoms with Crippen LogP contribution in [-0.4, -0.2) is 14.7 Å². The third-order valence-corrected chi connectivity index (χ3v) is 6.88. The molecule has 0 N–H and O–H groups in total. The van der Waals surface area contributed by atoms with Gasteiger partial charge >= 0.3 is 0 Å². The molecule has 1 rings (SSSR count). The van der Waals surface area contributed by atoms with Crippen LogP contribution in [0.25, 0.3) is 0 Å². The molecule has 0 fully saturated rings. The van der Waals surface area contributed by atoms with Gasteiger partial charge in [0.1, 0.15) is 0 Å². The number of unbranched alkanes of at least 4 members (excludes halogenated alkanes) is 1. The highest BCUT2D eigenvalue weighted by Gasteiger charge is 2.60. The highest BCUT2D eigenvalue weighted by Crippen LogP contribution is 2.60. The number of halogens is 7. The Kier molecular flexibility index (Phi) is 7.58.